The molecule has 18 heavy (non-hydrogen) atoms. The van der Waals surface area contributed by atoms with Crippen LogP contribution in [-0.4, -0.2) is 30.7 Å². The van der Waals surface area contributed by atoms with Crippen LogP contribution in [0.25, 0.3) is 0 Å². The molecule has 98 valence electrons. The lowest BCUT2D eigenvalue weighted by Gasteiger charge is -2.39. The molecule has 0 saturated heterocycles. The lowest BCUT2D eigenvalue weighted by atomic mass is 9.63. The third-order valence-electron chi connectivity index (χ3n) is 5.24. The number of amides is 1. The van der Waals surface area contributed by atoms with Crippen LogP contribution in [0.1, 0.15) is 38.5 Å². The number of hydrogen-bond donors (Lipinski definition) is 0. The minimum atomic E-state index is -0.168. The topological polar surface area (TPSA) is 37.4 Å². The van der Waals surface area contributed by atoms with Gasteiger partial charge in [0.15, 0.2) is 0 Å². The van der Waals surface area contributed by atoms with E-state index in [2.05, 4.69) is 0 Å². The van der Waals surface area contributed by atoms with Crippen molar-refractivity contribution >= 4 is 11.7 Å². The van der Waals surface area contributed by atoms with E-state index >= 15 is 0 Å². The number of hydrogen-bond acceptors (Lipinski definition) is 2. The minimum absolute atomic E-state index is 0.0876. The van der Waals surface area contributed by atoms with Crippen molar-refractivity contribution in [3.8, 4) is 0 Å². The molecular weight excluding hydrogens is 226 g/mol. The van der Waals surface area contributed by atoms with Crippen LogP contribution in [0.2, 0.25) is 0 Å². The Labute approximate surface area is 108 Å². The van der Waals surface area contributed by atoms with Gasteiger partial charge in [-0.3, -0.25) is 9.59 Å². The standard InChI is InChI=1S/C15H21NO2/c1-16(2)14(18)11-4-3-7-15(9-11)12-6-5-10(8-12)13(15)17/h4,10,12H,3,5-9H2,1-2H3/t10-,12+,15-/m1/s1. The second kappa shape index (κ2) is 3.94. The Morgan fingerprint density at radius 2 is 2.17 bits per heavy atom. The van der Waals surface area contributed by atoms with E-state index in [9.17, 15) is 9.59 Å². The number of carbonyl (C=O) groups excluding carboxylic acids is 2. The van der Waals surface area contributed by atoms with E-state index in [-0.39, 0.29) is 11.3 Å². The number of likely N-dealkylation sites (N-methyl/N-ethyl adjacent to an activating group) is 1. The van der Waals surface area contributed by atoms with Gasteiger partial charge >= 0.3 is 0 Å². The number of ketones is 1. The summed E-state index contributed by atoms with van der Waals surface area (Å²) in [6.45, 7) is 0. The summed E-state index contributed by atoms with van der Waals surface area (Å²) < 4.78 is 0. The van der Waals surface area contributed by atoms with Gasteiger partial charge in [0.2, 0.25) is 5.91 Å². The minimum Gasteiger partial charge on any atom is -0.345 e. The first-order valence-electron chi connectivity index (χ1n) is 6.99. The Bertz CT molecular complexity index is 438. The molecular formula is C15H21NO2. The summed E-state index contributed by atoms with van der Waals surface area (Å²) in [6.07, 6.45) is 7.98. The largest absolute Gasteiger partial charge is 0.345 e. The van der Waals surface area contributed by atoms with Crippen LogP contribution in [0.3, 0.4) is 0 Å². The molecule has 0 aromatic carbocycles. The van der Waals surface area contributed by atoms with E-state index in [4.69, 9.17) is 0 Å². The molecule has 0 heterocycles. The maximum Gasteiger partial charge on any atom is 0.248 e. The number of Topliss-reactive ketones (excluding diaryl/α,β-unsaturated/α-hetero) is 1. The van der Waals surface area contributed by atoms with Crippen LogP contribution in [0.4, 0.5) is 0 Å². The van der Waals surface area contributed by atoms with Crippen LogP contribution < -0.4 is 0 Å². The summed E-state index contributed by atoms with van der Waals surface area (Å²) in [7, 11) is 3.57. The Hall–Kier alpha value is -1.12. The van der Waals surface area contributed by atoms with Crippen molar-refractivity contribution in [1.29, 1.82) is 0 Å². The lowest BCUT2D eigenvalue weighted by molar-refractivity contribution is -0.133. The number of fused-ring (bicyclic) bond motifs is 3. The van der Waals surface area contributed by atoms with Crippen molar-refractivity contribution in [2.45, 2.75) is 38.5 Å². The van der Waals surface area contributed by atoms with E-state index in [1.165, 1.54) is 6.42 Å². The van der Waals surface area contributed by atoms with Crippen molar-refractivity contribution < 1.29 is 9.59 Å². The summed E-state index contributed by atoms with van der Waals surface area (Å²) in [6, 6.07) is 0. The first kappa shape index (κ1) is 11.9. The Balaban J connectivity index is 1.87. The number of allylic oxidation sites excluding steroid dienone is 1. The van der Waals surface area contributed by atoms with Gasteiger partial charge < -0.3 is 4.90 Å². The quantitative estimate of drug-likeness (QED) is 0.712. The predicted molar refractivity (Wildman–Crippen MR) is 68.9 cm³/mol. The van der Waals surface area contributed by atoms with Crippen LogP contribution >= 0.6 is 0 Å². The molecule has 3 aliphatic rings. The fourth-order valence-corrected chi connectivity index (χ4v) is 4.34. The molecule has 2 fully saturated rings. The molecule has 0 aromatic heterocycles. The summed E-state index contributed by atoms with van der Waals surface area (Å²) in [5, 5.41) is 0. The maximum absolute atomic E-state index is 12.5. The fraction of sp³-hybridized carbons (Fsp3) is 0.733. The monoisotopic (exact) mass is 247 g/mol. The van der Waals surface area contributed by atoms with E-state index in [1.807, 2.05) is 6.08 Å². The third-order valence-corrected chi connectivity index (χ3v) is 5.24. The van der Waals surface area contributed by atoms with Crippen LogP contribution in [-0.2, 0) is 9.59 Å². The molecule has 3 nitrogen and oxygen atoms in total. The van der Waals surface area contributed by atoms with Crippen molar-refractivity contribution in [3.63, 3.8) is 0 Å². The van der Waals surface area contributed by atoms with Gasteiger partial charge in [-0.25, -0.2) is 0 Å². The van der Waals surface area contributed by atoms with Gasteiger partial charge in [-0.2, -0.15) is 0 Å². The maximum atomic E-state index is 12.5. The molecule has 0 N–H and O–H groups in total. The molecule has 0 unspecified atom stereocenters. The van der Waals surface area contributed by atoms with Crippen molar-refractivity contribution in [2.24, 2.45) is 17.3 Å². The molecule has 0 radical (unpaired) electrons. The Kier molecular flexibility index (Phi) is 2.61. The first-order valence-corrected chi connectivity index (χ1v) is 6.99. The van der Waals surface area contributed by atoms with Crippen LogP contribution in [0.5, 0.6) is 0 Å². The molecule has 2 saturated carbocycles. The molecule has 0 aliphatic heterocycles. The number of nitrogens with zero attached hydrogens (tertiary/aromatic N) is 1. The fourth-order valence-electron chi connectivity index (χ4n) is 4.34. The average Bonchev–Trinajstić information content (AvgIpc) is 2.93. The molecule has 0 aromatic rings. The SMILES string of the molecule is CN(C)C(=O)C1=CCC[C@]2(C1)C(=O)[C@@H]1CC[C@H]2C1. The van der Waals surface area contributed by atoms with Gasteiger partial charge in [0.05, 0.1) is 0 Å². The van der Waals surface area contributed by atoms with Crippen molar-refractivity contribution in [3.05, 3.63) is 11.6 Å². The third kappa shape index (κ3) is 1.49. The highest BCUT2D eigenvalue weighted by Crippen LogP contribution is 2.59. The second-order valence-electron chi connectivity index (χ2n) is 6.37. The highest BCUT2D eigenvalue weighted by atomic mass is 16.2. The first-order chi connectivity index (χ1) is 8.54. The summed E-state index contributed by atoms with van der Waals surface area (Å²) in [5.74, 6) is 1.41. The Morgan fingerprint density at radius 3 is 2.78 bits per heavy atom. The van der Waals surface area contributed by atoms with Gasteiger partial charge in [0.1, 0.15) is 5.78 Å². The van der Waals surface area contributed by atoms with Gasteiger partial charge in [-0.15, -0.1) is 0 Å². The normalized spacial score (nSPS) is 38.1. The highest BCUT2D eigenvalue weighted by Gasteiger charge is 2.58. The van der Waals surface area contributed by atoms with Gasteiger partial charge in [-0.05, 0) is 44.4 Å². The highest BCUT2D eigenvalue weighted by molar-refractivity contribution is 5.97. The molecule has 2 bridgehead atoms. The van der Waals surface area contributed by atoms with Gasteiger partial charge in [0.25, 0.3) is 0 Å². The van der Waals surface area contributed by atoms with E-state index in [0.29, 0.717) is 24.0 Å². The number of carbonyl (C=O) groups is 2. The van der Waals surface area contributed by atoms with E-state index in [1.54, 1.807) is 19.0 Å². The lowest BCUT2D eigenvalue weighted by Crippen LogP contribution is -2.40. The zero-order valence-electron chi connectivity index (χ0n) is 11.2. The predicted octanol–water partition coefficient (Wildman–Crippen LogP) is 2.17. The molecule has 1 amide bonds. The van der Waals surface area contributed by atoms with Gasteiger partial charge in [-0.1, -0.05) is 6.08 Å². The second-order valence-corrected chi connectivity index (χ2v) is 6.37. The average molecular weight is 247 g/mol. The van der Waals surface area contributed by atoms with Crippen LogP contribution in [0.15, 0.2) is 11.6 Å². The molecule has 3 aliphatic carbocycles. The van der Waals surface area contributed by atoms with Crippen LogP contribution in [0, 0.1) is 17.3 Å². The van der Waals surface area contributed by atoms with E-state index in [0.717, 1.165) is 31.3 Å². The number of rotatable bonds is 1. The van der Waals surface area contributed by atoms with Gasteiger partial charge in [0, 0.05) is 31.0 Å². The molecule has 3 atom stereocenters. The Morgan fingerprint density at radius 1 is 1.39 bits per heavy atom. The smallest absolute Gasteiger partial charge is 0.248 e. The van der Waals surface area contributed by atoms with E-state index < -0.39 is 0 Å². The molecule has 1 spiro atoms. The zero-order valence-corrected chi connectivity index (χ0v) is 11.2. The zero-order chi connectivity index (χ0) is 12.9. The summed E-state index contributed by atoms with van der Waals surface area (Å²) >= 11 is 0. The summed E-state index contributed by atoms with van der Waals surface area (Å²) in [4.78, 5) is 26.3. The van der Waals surface area contributed by atoms with Crippen molar-refractivity contribution in [1.82, 2.24) is 4.90 Å². The van der Waals surface area contributed by atoms with Crippen molar-refractivity contribution in [2.75, 3.05) is 14.1 Å². The molecule has 3 heteroatoms. The molecule has 3 rings (SSSR count). The summed E-state index contributed by atoms with van der Waals surface area (Å²) in [5.41, 5.74) is 0.700.